The summed E-state index contributed by atoms with van der Waals surface area (Å²) in [4.78, 5) is 15.9. The summed E-state index contributed by atoms with van der Waals surface area (Å²) in [5.41, 5.74) is 0. The molecule has 0 spiro atoms. The highest BCUT2D eigenvalue weighted by Crippen LogP contribution is 2.33. The number of piperidine rings is 1. The van der Waals surface area contributed by atoms with Gasteiger partial charge in [-0.1, -0.05) is 19.8 Å². The van der Waals surface area contributed by atoms with Crippen molar-refractivity contribution in [2.45, 2.75) is 57.7 Å². The zero-order chi connectivity index (χ0) is 15.5. The van der Waals surface area contributed by atoms with Crippen LogP contribution in [0, 0.1) is 5.92 Å². The standard InChI is InChI=1S/C15H25F3N2O/c1-2-19(13-7-3-4-8-13)11-14(21)20-9-5-6-12(10-20)15(16,17)18/h12-13H,2-11H2,1H3. The lowest BCUT2D eigenvalue weighted by Crippen LogP contribution is -2.49. The Kier molecular flexibility index (Phi) is 5.52. The van der Waals surface area contributed by atoms with Gasteiger partial charge in [0.1, 0.15) is 0 Å². The quantitative estimate of drug-likeness (QED) is 0.797. The second kappa shape index (κ2) is 6.99. The van der Waals surface area contributed by atoms with Crippen LogP contribution in [-0.4, -0.2) is 54.1 Å². The van der Waals surface area contributed by atoms with Crippen molar-refractivity contribution in [3.63, 3.8) is 0 Å². The van der Waals surface area contributed by atoms with Crippen LogP contribution in [0.1, 0.15) is 45.4 Å². The predicted molar refractivity (Wildman–Crippen MR) is 74.9 cm³/mol. The van der Waals surface area contributed by atoms with Crippen molar-refractivity contribution in [3.05, 3.63) is 0 Å². The number of alkyl halides is 3. The lowest BCUT2D eigenvalue weighted by molar-refractivity contribution is -0.188. The van der Waals surface area contributed by atoms with Crippen molar-refractivity contribution in [1.82, 2.24) is 9.80 Å². The second-order valence-electron chi connectivity index (χ2n) is 6.22. The molecule has 1 atom stereocenters. The van der Waals surface area contributed by atoms with E-state index in [0.717, 1.165) is 19.4 Å². The van der Waals surface area contributed by atoms with E-state index in [1.165, 1.54) is 17.7 Å². The number of halogens is 3. The van der Waals surface area contributed by atoms with E-state index in [-0.39, 0.29) is 25.4 Å². The van der Waals surface area contributed by atoms with E-state index < -0.39 is 12.1 Å². The third-order valence-corrected chi connectivity index (χ3v) is 4.82. The number of amides is 1. The number of hydrogen-bond acceptors (Lipinski definition) is 2. The molecule has 0 bridgehead atoms. The normalized spacial score (nSPS) is 24.8. The first-order valence-corrected chi connectivity index (χ1v) is 8.00. The van der Waals surface area contributed by atoms with E-state index in [4.69, 9.17) is 0 Å². The van der Waals surface area contributed by atoms with Crippen LogP contribution in [0.15, 0.2) is 0 Å². The molecule has 1 saturated carbocycles. The molecule has 122 valence electrons. The molecular weight excluding hydrogens is 281 g/mol. The van der Waals surface area contributed by atoms with E-state index in [2.05, 4.69) is 4.90 Å². The molecule has 2 fully saturated rings. The molecule has 3 nitrogen and oxygen atoms in total. The first-order valence-electron chi connectivity index (χ1n) is 8.00. The van der Waals surface area contributed by atoms with Gasteiger partial charge in [-0.3, -0.25) is 9.69 Å². The smallest absolute Gasteiger partial charge is 0.341 e. The van der Waals surface area contributed by atoms with Crippen molar-refractivity contribution in [2.75, 3.05) is 26.2 Å². The van der Waals surface area contributed by atoms with Crippen LogP contribution in [-0.2, 0) is 4.79 Å². The summed E-state index contributed by atoms with van der Waals surface area (Å²) in [7, 11) is 0. The van der Waals surface area contributed by atoms with Crippen molar-refractivity contribution in [1.29, 1.82) is 0 Å². The Balaban J connectivity index is 1.89. The molecule has 21 heavy (non-hydrogen) atoms. The highest BCUT2D eigenvalue weighted by atomic mass is 19.4. The fraction of sp³-hybridized carbons (Fsp3) is 0.933. The van der Waals surface area contributed by atoms with Gasteiger partial charge in [0.2, 0.25) is 5.91 Å². The van der Waals surface area contributed by atoms with Crippen molar-refractivity contribution < 1.29 is 18.0 Å². The number of likely N-dealkylation sites (tertiary alicyclic amines) is 1. The highest BCUT2D eigenvalue weighted by Gasteiger charge is 2.42. The third-order valence-electron chi connectivity index (χ3n) is 4.82. The van der Waals surface area contributed by atoms with Gasteiger partial charge in [0, 0.05) is 19.1 Å². The summed E-state index contributed by atoms with van der Waals surface area (Å²) in [6, 6.07) is 0.433. The van der Waals surface area contributed by atoms with Crippen LogP contribution in [0.2, 0.25) is 0 Å². The zero-order valence-corrected chi connectivity index (χ0v) is 12.7. The highest BCUT2D eigenvalue weighted by molar-refractivity contribution is 5.78. The third kappa shape index (κ3) is 4.34. The van der Waals surface area contributed by atoms with Gasteiger partial charge in [-0.25, -0.2) is 0 Å². The summed E-state index contributed by atoms with van der Waals surface area (Å²) < 4.78 is 38.4. The van der Waals surface area contributed by atoms with E-state index in [0.29, 0.717) is 19.0 Å². The Labute approximate surface area is 124 Å². The van der Waals surface area contributed by atoms with Crippen LogP contribution >= 0.6 is 0 Å². The van der Waals surface area contributed by atoms with Gasteiger partial charge in [0.15, 0.2) is 0 Å². The Morgan fingerprint density at radius 2 is 1.86 bits per heavy atom. The van der Waals surface area contributed by atoms with Gasteiger partial charge in [0.25, 0.3) is 0 Å². The lowest BCUT2D eigenvalue weighted by Gasteiger charge is -2.36. The maximum atomic E-state index is 12.8. The molecule has 0 radical (unpaired) electrons. The van der Waals surface area contributed by atoms with Crippen LogP contribution in [0.4, 0.5) is 13.2 Å². The summed E-state index contributed by atoms with van der Waals surface area (Å²) >= 11 is 0. The number of rotatable bonds is 4. The zero-order valence-electron chi connectivity index (χ0n) is 12.7. The summed E-state index contributed by atoms with van der Waals surface area (Å²) in [5, 5.41) is 0. The Bertz CT molecular complexity index is 353. The minimum Gasteiger partial charge on any atom is -0.341 e. The topological polar surface area (TPSA) is 23.6 Å². The Morgan fingerprint density at radius 3 is 2.43 bits per heavy atom. The molecule has 1 aliphatic carbocycles. The molecule has 0 aromatic carbocycles. The first kappa shape index (κ1) is 16.6. The van der Waals surface area contributed by atoms with E-state index >= 15 is 0 Å². The molecule has 2 rings (SSSR count). The van der Waals surface area contributed by atoms with E-state index in [1.54, 1.807) is 0 Å². The largest absolute Gasteiger partial charge is 0.393 e. The SMILES string of the molecule is CCN(CC(=O)N1CCCC(C(F)(F)F)C1)C1CCCC1. The van der Waals surface area contributed by atoms with Gasteiger partial charge in [-0.15, -0.1) is 0 Å². The van der Waals surface area contributed by atoms with Gasteiger partial charge >= 0.3 is 6.18 Å². The maximum absolute atomic E-state index is 12.8. The first-order chi connectivity index (χ1) is 9.91. The monoisotopic (exact) mass is 306 g/mol. The van der Waals surface area contributed by atoms with Crippen molar-refractivity contribution in [3.8, 4) is 0 Å². The predicted octanol–water partition coefficient (Wildman–Crippen LogP) is 3.05. The van der Waals surface area contributed by atoms with Crippen LogP contribution in [0.25, 0.3) is 0 Å². The van der Waals surface area contributed by atoms with E-state index in [1.807, 2.05) is 6.92 Å². The Hall–Kier alpha value is -0.780. The summed E-state index contributed by atoms with van der Waals surface area (Å²) in [6.07, 6.45) is 0.997. The fourth-order valence-corrected chi connectivity index (χ4v) is 3.51. The molecule has 0 aromatic heterocycles. The van der Waals surface area contributed by atoms with Crippen LogP contribution < -0.4 is 0 Å². The van der Waals surface area contributed by atoms with Crippen molar-refractivity contribution in [2.24, 2.45) is 5.92 Å². The molecule has 1 heterocycles. The van der Waals surface area contributed by atoms with Crippen LogP contribution in [0.3, 0.4) is 0 Å². The average molecular weight is 306 g/mol. The van der Waals surface area contributed by atoms with Gasteiger partial charge in [0.05, 0.1) is 12.5 Å². The van der Waals surface area contributed by atoms with E-state index in [9.17, 15) is 18.0 Å². The molecule has 0 aromatic rings. The molecule has 1 aliphatic heterocycles. The number of carbonyl (C=O) groups excluding carboxylic acids is 1. The number of hydrogen-bond donors (Lipinski definition) is 0. The molecule has 6 heteroatoms. The molecular formula is C15H25F3N2O. The molecule has 2 aliphatic rings. The summed E-state index contributed by atoms with van der Waals surface area (Å²) in [6.45, 7) is 3.37. The van der Waals surface area contributed by atoms with Crippen molar-refractivity contribution >= 4 is 5.91 Å². The summed E-state index contributed by atoms with van der Waals surface area (Å²) in [5.74, 6) is -1.49. The number of nitrogens with zero attached hydrogens (tertiary/aromatic N) is 2. The maximum Gasteiger partial charge on any atom is 0.393 e. The number of likely N-dealkylation sites (N-methyl/N-ethyl adjacent to an activating group) is 1. The lowest BCUT2D eigenvalue weighted by atomic mass is 9.97. The van der Waals surface area contributed by atoms with Gasteiger partial charge < -0.3 is 4.90 Å². The van der Waals surface area contributed by atoms with Crippen LogP contribution in [0.5, 0.6) is 0 Å². The average Bonchev–Trinajstić information content (AvgIpc) is 2.97. The molecule has 1 amide bonds. The Morgan fingerprint density at radius 1 is 1.19 bits per heavy atom. The second-order valence-corrected chi connectivity index (χ2v) is 6.22. The molecule has 1 unspecified atom stereocenters. The fourth-order valence-electron chi connectivity index (χ4n) is 3.51. The molecule has 1 saturated heterocycles. The van der Waals surface area contributed by atoms with Gasteiger partial charge in [-0.05, 0) is 32.2 Å². The number of carbonyl (C=O) groups is 1. The minimum atomic E-state index is -4.19. The minimum absolute atomic E-state index is 0.141. The van der Waals surface area contributed by atoms with Gasteiger partial charge in [-0.2, -0.15) is 13.2 Å². The molecule has 0 N–H and O–H groups in total.